The molecular weight excluding hydrogens is 366 g/mol. The summed E-state index contributed by atoms with van der Waals surface area (Å²) in [6, 6.07) is 16.6. The lowest BCUT2D eigenvalue weighted by Gasteiger charge is -2.10. The SMILES string of the molecule is COc1ccc(CCS(=O)(=O)NCCC(O)c2cc3ccccc3o2)cc1. The van der Waals surface area contributed by atoms with E-state index in [0.29, 0.717) is 17.8 Å². The molecule has 0 aliphatic carbocycles. The molecule has 0 aliphatic rings. The van der Waals surface area contributed by atoms with Crippen LogP contribution in [0.1, 0.15) is 23.8 Å². The summed E-state index contributed by atoms with van der Waals surface area (Å²) in [6.07, 6.45) is -0.214. The topological polar surface area (TPSA) is 88.8 Å². The van der Waals surface area contributed by atoms with Gasteiger partial charge in [0, 0.05) is 11.9 Å². The Morgan fingerprint density at radius 2 is 1.89 bits per heavy atom. The van der Waals surface area contributed by atoms with Gasteiger partial charge in [0.25, 0.3) is 0 Å². The van der Waals surface area contributed by atoms with Crippen molar-refractivity contribution in [1.29, 1.82) is 0 Å². The summed E-state index contributed by atoms with van der Waals surface area (Å²) in [4.78, 5) is 0. The van der Waals surface area contributed by atoms with E-state index in [1.54, 1.807) is 25.3 Å². The third-order valence-electron chi connectivity index (χ3n) is 4.33. The predicted octanol–water partition coefficient (Wildman–Crippen LogP) is 3.03. The Bertz CT molecular complexity index is 946. The smallest absolute Gasteiger partial charge is 0.211 e. The number of ether oxygens (including phenoxy) is 1. The molecule has 0 bridgehead atoms. The van der Waals surface area contributed by atoms with Gasteiger partial charge in [0.05, 0.1) is 12.9 Å². The molecule has 1 aromatic heterocycles. The molecule has 0 aliphatic heterocycles. The quantitative estimate of drug-likeness (QED) is 0.587. The Balaban J connectivity index is 1.47. The van der Waals surface area contributed by atoms with Crippen LogP contribution in [0.5, 0.6) is 5.75 Å². The number of hydrogen-bond donors (Lipinski definition) is 2. The van der Waals surface area contributed by atoms with Crippen molar-refractivity contribution in [2.75, 3.05) is 19.4 Å². The number of aryl methyl sites for hydroxylation is 1. The molecule has 3 rings (SSSR count). The van der Waals surface area contributed by atoms with Gasteiger partial charge in [-0.3, -0.25) is 0 Å². The van der Waals surface area contributed by atoms with Crippen LogP contribution in [-0.4, -0.2) is 32.9 Å². The van der Waals surface area contributed by atoms with E-state index in [9.17, 15) is 13.5 Å². The van der Waals surface area contributed by atoms with Crippen LogP contribution in [0, 0.1) is 0 Å². The minimum absolute atomic E-state index is 0.0138. The Kier molecular flexibility index (Phi) is 6.15. The summed E-state index contributed by atoms with van der Waals surface area (Å²) in [5.74, 6) is 1.16. The molecule has 2 N–H and O–H groups in total. The first-order valence-electron chi connectivity index (χ1n) is 8.74. The van der Waals surface area contributed by atoms with Crippen LogP contribution in [-0.2, 0) is 16.4 Å². The zero-order valence-electron chi connectivity index (χ0n) is 15.1. The van der Waals surface area contributed by atoms with Crippen LogP contribution in [0.25, 0.3) is 11.0 Å². The molecule has 3 aromatic rings. The van der Waals surface area contributed by atoms with Crippen molar-refractivity contribution < 1.29 is 22.7 Å². The fourth-order valence-electron chi connectivity index (χ4n) is 2.78. The summed E-state index contributed by atoms with van der Waals surface area (Å²) >= 11 is 0. The molecular formula is C20H23NO5S. The number of fused-ring (bicyclic) bond motifs is 1. The zero-order valence-corrected chi connectivity index (χ0v) is 15.9. The third kappa shape index (κ3) is 5.32. The molecule has 6 nitrogen and oxygen atoms in total. The van der Waals surface area contributed by atoms with Crippen molar-refractivity contribution >= 4 is 21.0 Å². The summed E-state index contributed by atoms with van der Waals surface area (Å²) in [5.41, 5.74) is 1.62. The second-order valence-corrected chi connectivity index (χ2v) is 8.23. The number of hydrogen-bond acceptors (Lipinski definition) is 5. The average Bonchev–Trinajstić information content (AvgIpc) is 3.11. The van der Waals surface area contributed by atoms with E-state index in [-0.39, 0.29) is 18.7 Å². The van der Waals surface area contributed by atoms with E-state index in [0.717, 1.165) is 16.7 Å². The third-order valence-corrected chi connectivity index (χ3v) is 5.72. The number of nitrogens with one attached hydrogen (secondary N) is 1. The van der Waals surface area contributed by atoms with Gasteiger partial charge in [0.15, 0.2) is 0 Å². The van der Waals surface area contributed by atoms with Crippen molar-refractivity contribution in [3.63, 3.8) is 0 Å². The molecule has 2 aromatic carbocycles. The van der Waals surface area contributed by atoms with Crippen LogP contribution in [0.2, 0.25) is 0 Å². The number of furan rings is 1. The molecule has 1 unspecified atom stereocenters. The Hall–Kier alpha value is -2.35. The van der Waals surface area contributed by atoms with Gasteiger partial charge in [-0.15, -0.1) is 0 Å². The van der Waals surface area contributed by atoms with E-state index in [4.69, 9.17) is 9.15 Å². The maximum atomic E-state index is 12.1. The van der Waals surface area contributed by atoms with Gasteiger partial charge in [-0.25, -0.2) is 13.1 Å². The highest BCUT2D eigenvalue weighted by Crippen LogP contribution is 2.25. The molecule has 1 heterocycles. The molecule has 0 saturated carbocycles. The Morgan fingerprint density at radius 1 is 1.15 bits per heavy atom. The number of methoxy groups -OCH3 is 1. The monoisotopic (exact) mass is 389 g/mol. The van der Waals surface area contributed by atoms with E-state index in [1.807, 2.05) is 36.4 Å². The fourth-order valence-corrected chi connectivity index (χ4v) is 3.85. The first-order chi connectivity index (χ1) is 13.0. The minimum Gasteiger partial charge on any atom is -0.497 e. The van der Waals surface area contributed by atoms with Crippen molar-refractivity contribution in [2.45, 2.75) is 18.9 Å². The van der Waals surface area contributed by atoms with E-state index < -0.39 is 16.1 Å². The molecule has 27 heavy (non-hydrogen) atoms. The molecule has 0 radical (unpaired) electrons. The number of aliphatic hydroxyl groups excluding tert-OH is 1. The molecule has 0 spiro atoms. The predicted molar refractivity (Wildman–Crippen MR) is 104 cm³/mol. The fraction of sp³-hybridized carbons (Fsp3) is 0.300. The van der Waals surface area contributed by atoms with Crippen molar-refractivity contribution in [3.8, 4) is 5.75 Å². The Labute approximate surface area is 158 Å². The van der Waals surface area contributed by atoms with E-state index >= 15 is 0 Å². The maximum Gasteiger partial charge on any atom is 0.211 e. The van der Waals surface area contributed by atoms with Gasteiger partial charge < -0.3 is 14.3 Å². The van der Waals surface area contributed by atoms with Crippen molar-refractivity contribution in [1.82, 2.24) is 4.72 Å². The second kappa shape index (κ2) is 8.56. The number of rotatable bonds is 9. The van der Waals surface area contributed by atoms with Gasteiger partial charge in [0.2, 0.25) is 10.0 Å². The largest absolute Gasteiger partial charge is 0.497 e. The standard InChI is InChI=1S/C20H23NO5S/c1-25-17-8-6-15(7-9-17)11-13-27(23,24)21-12-10-18(22)20-14-16-4-2-3-5-19(16)26-20/h2-9,14,18,21-22H,10-13H2,1H3. The molecule has 144 valence electrons. The zero-order chi connectivity index (χ0) is 19.3. The van der Waals surface area contributed by atoms with Gasteiger partial charge in [-0.1, -0.05) is 30.3 Å². The highest BCUT2D eigenvalue weighted by molar-refractivity contribution is 7.89. The Morgan fingerprint density at radius 3 is 2.59 bits per heavy atom. The van der Waals surface area contributed by atoms with Crippen LogP contribution in [0.3, 0.4) is 0 Å². The van der Waals surface area contributed by atoms with Crippen molar-refractivity contribution in [3.05, 3.63) is 65.9 Å². The van der Waals surface area contributed by atoms with Gasteiger partial charge in [-0.2, -0.15) is 0 Å². The molecule has 0 saturated heterocycles. The number of para-hydroxylation sites is 1. The maximum absolute atomic E-state index is 12.1. The van der Waals surface area contributed by atoms with E-state index in [2.05, 4.69) is 4.72 Å². The van der Waals surface area contributed by atoms with Crippen LogP contribution < -0.4 is 9.46 Å². The number of aliphatic hydroxyl groups is 1. The molecule has 1 atom stereocenters. The first-order valence-corrected chi connectivity index (χ1v) is 10.4. The van der Waals surface area contributed by atoms with Gasteiger partial charge in [-0.05, 0) is 42.7 Å². The number of benzene rings is 2. The minimum atomic E-state index is -3.42. The van der Waals surface area contributed by atoms with Gasteiger partial charge >= 0.3 is 0 Å². The summed E-state index contributed by atoms with van der Waals surface area (Å²) in [7, 11) is -1.83. The summed E-state index contributed by atoms with van der Waals surface area (Å²) in [5, 5.41) is 11.1. The van der Waals surface area contributed by atoms with Crippen LogP contribution in [0.15, 0.2) is 59.0 Å². The van der Waals surface area contributed by atoms with Crippen molar-refractivity contribution in [2.24, 2.45) is 0 Å². The lowest BCUT2D eigenvalue weighted by atomic mass is 10.2. The summed E-state index contributed by atoms with van der Waals surface area (Å²) < 4.78 is 37.5. The lowest BCUT2D eigenvalue weighted by Crippen LogP contribution is -2.29. The highest BCUT2D eigenvalue weighted by Gasteiger charge is 2.15. The summed E-state index contributed by atoms with van der Waals surface area (Å²) in [6.45, 7) is 0.142. The molecule has 0 amide bonds. The van der Waals surface area contributed by atoms with Crippen LogP contribution >= 0.6 is 0 Å². The van der Waals surface area contributed by atoms with E-state index in [1.165, 1.54) is 0 Å². The molecule has 0 fully saturated rings. The average molecular weight is 389 g/mol. The molecule has 7 heteroatoms. The first kappa shape index (κ1) is 19.4. The van der Waals surface area contributed by atoms with Crippen LogP contribution in [0.4, 0.5) is 0 Å². The second-order valence-electron chi connectivity index (χ2n) is 6.30. The normalized spacial score (nSPS) is 13.0. The van der Waals surface area contributed by atoms with Gasteiger partial charge in [0.1, 0.15) is 23.2 Å². The number of sulfonamides is 1. The lowest BCUT2D eigenvalue weighted by molar-refractivity contribution is 0.144. The highest BCUT2D eigenvalue weighted by atomic mass is 32.2.